The molecule has 0 fully saturated rings. The molecule has 2 aromatic rings. The molecule has 0 spiro atoms. The van der Waals surface area contributed by atoms with Crippen molar-refractivity contribution in [3.05, 3.63) is 23.4 Å². The Morgan fingerprint density at radius 3 is 2.80 bits per heavy atom. The summed E-state index contributed by atoms with van der Waals surface area (Å²) in [7, 11) is 3.42. The second kappa shape index (κ2) is 3.38. The molecule has 0 aliphatic heterocycles. The fraction of sp³-hybridized carbons (Fsp3) is 0.273. The summed E-state index contributed by atoms with van der Waals surface area (Å²) in [5.41, 5.74) is 2.32. The second-order valence-corrected chi connectivity index (χ2v) is 3.41. The van der Waals surface area contributed by atoms with Gasteiger partial charge < -0.3 is 4.74 Å². The number of ether oxygens (including phenoxy) is 1. The lowest BCUT2D eigenvalue weighted by molar-refractivity contribution is 0.112. The van der Waals surface area contributed by atoms with Crippen LogP contribution in [0.2, 0.25) is 0 Å². The summed E-state index contributed by atoms with van der Waals surface area (Å²) in [4.78, 5) is 10.8. The summed E-state index contributed by atoms with van der Waals surface area (Å²) >= 11 is 0. The standard InChI is InChI=1S/C11H12N2O2/c1-7-9-5-4-8(6-14)11(15-3)10(9)12-13(7)2/h4-6H,1-3H3. The van der Waals surface area contributed by atoms with E-state index in [1.807, 2.05) is 20.0 Å². The summed E-state index contributed by atoms with van der Waals surface area (Å²) in [6.45, 7) is 1.98. The zero-order valence-corrected chi connectivity index (χ0v) is 8.94. The number of carbonyl (C=O) groups is 1. The summed E-state index contributed by atoms with van der Waals surface area (Å²) in [6.07, 6.45) is 0.780. The van der Waals surface area contributed by atoms with E-state index in [-0.39, 0.29) is 0 Å². The first-order valence-electron chi connectivity index (χ1n) is 4.64. The van der Waals surface area contributed by atoms with E-state index in [1.165, 1.54) is 0 Å². The zero-order valence-electron chi connectivity index (χ0n) is 8.94. The first-order valence-corrected chi connectivity index (χ1v) is 4.64. The van der Waals surface area contributed by atoms with Crippen molar-refractivity contribution in [2.45, 2.75) is 6.92 Å². The van der Waals surface area contributed by atoms with E-state index in [1.54, 1.807) is 17.9 Å². The number of nitrogens with zero attached hydrogens (tertiary/aromatic N) is 2. The van der Waals surface area contributed by atoms with Crippen molar-refractivity contribution < 1.29 is 9.53 Å². The summed E-state index contributed by atoms with van der Waals surface area (Å²) in [6, 6.07) is 3.65. The lowest BCUT2D eigenvalue weighted by Gasteiger charge is -2.03. The van der Waals surface area contributed by atoms with Crippen molar-refractivity contribution in [1.29, 1.82) is 0 Å². The Morgan fingerprint density at radius 1 is 1.47 bits per heavy atom. The first-order chi connectivity index (χ1) is 7.19. The largest absolute Gasteiger partial charge is 0.494 e. The molecule has 0 aliphatic rings. The molecule has 0 unspecified atom stereocenters. The monoisotopic (exact) mass is 204 g/mol. The number of hydrogen-bond acceptors (Lipinski definition) is 3. The lowest BCUT2D eigenvalue weighted by atomic mass is 10.1. The molecule has 15 heavy (non-hydrogen) atoms. The number of aryl methyl sites for hydroxylation is 2. The lowest BCUT2D eigenvalue weighted by Crippen LogP contribution is -1.93. The molecule has 0 aliphatic carbocycles. The van der Waals surface area contributed by atoms with Gasteiger partial charge in [-0.2, -0.15) is 5.10 Å². The zero-order chi connectivity index (χ0) is 11.0. The number of aromatic nitrogens is 2. The highest BCUT2D eigenvalue weighted by molar-refractivity contribution is 5.95. The smallest absolute Gasteiger partial charge is 0.157 e. The average Bonchev–Trinajstić information content (AvgIpc) is 2.54. The van der Waals surface area contributed by atoms with Crippen LogP contribution in [0, 0.1) is 6.92 Å². The molecule has 0 saturated carbocycles. The number of fused-ring (bicyclic) bond motifs is 1. The second-order valence-electron chi connectivity index (χ2n) is 3.41. The predicted octanol–water partition coefficient (Wildman–Crippen LogP) is 1.70. The van der Waals surface area contributed by atoms with Crippen LogP contribution in [-0.2, 0) is 7.05 Å². The van der Waals surface area contributed by atoms with Gasteiger partial charge in [-0.05, 0) is 19.1 Å². The van der Waals surface area contributed by atoms with E-state index >= 15 is 0 Å². The number of carbonyl (C=O) groups excluding carboxylic acids is 1. The number of hydrogen-bond donors (Lipinski definition) is 0. The minimum atomic E-state index is 0.531. The quantitative estimate of drug-likeness (QED) is 0.699. The molecular weight excluding hydrogens is 192 g/mol. The summed E-state index contributed by atoms with van der Waals surface area (Å²) in [5, 5.41) is 5.34. The normalized spacial score (nSPS) is 10.6. The van der Waals surface area contributed by atoms with Gasteiger partial charge in [0.1, 0.15) is 5.52 Å². The fourth-order valence-electron chi connectivity index (χ4n) is 1.68. The van der Waals surface area contributed by atoms with Gasteiger partial charge in [0.05, 0.1) is 12.7 Å². The van der Waals surface area contributed by atoms with Crippen LogP contribution < -0.4 is 4.74 Å². The molecular formula is C11H12N2O2. The number of aldehydes is 1. The van der Waals surface area contributed by atoms with Gasteiger partial charge in [-0.15, -0.1) is 0 Å². The van der Waals surface area contributed by atoms with Crippen LogP contribution in [0.15, 0.2) is 12.1 Å². The molecule has 78 valence electrons. The predicted molar refractivity (Wildman–Crippen MR) is 57.4 cm³/mol. The highest BCUT2D eigenvalue weighted by Gasteiger charge is 2.13. The molecule has 4 nitrogen and oxygen atoms in total. The van der Waals surface area contributed by atoms with Crippen molar-refractivity contribution in [2.24, 2.45) is 7.05 Å². The Hall–Kier alpha value is -1.84. The van der Waals surface area contributed by atoms with E-state index < -0.39 is 0 Å². The SMILES string of the molecule is COc1c(C=O)ccc2c(C)n(C)nc12. The molecule has 0 amide bonds. The summed E-state index contributed by atoms with van der Waals surface area (Å²) < 4.78 is 6.99. The molecule has 0 N–H and O–H groups in total. The molecule has 1 heterocycles. The van der Waals surface area contributed by atoms with Gasteiger partial charge in [-0.25, -0.2) is 0 Å². The van der Waals surface area contributed by atoms with Gasteiger partial charge in [0.2, 0.25) is 0 Å². The van der Waals surface area contributed by atoms with E-state index in [2.05, 4.69) is 5.10 Å². The van der Waals surface area contributed by atoms with E-state index in [0.29, 0.717) is 11.3 Å². The van der Waals surface area contributed by atoms with Crippen LogP contribution in [0.3, 0.4) is 0 Å². The van der Waals surface area contributed by atoms with Gasteiger partial charge in [0, 0.05) is 18.1 Å². The van der Waals surface area contributed by atoms with Crippen LogP contribution >= 0.6 is 0 Å². The molecule has 0 bridgehead atoms. The van der Waals surface area contributed by atoms with Gasteiger partial charge >= 0.3 is 0 Å². The molecule has 0 atom stereocenters. The maximum atomic E-state index is 10.8. The van der Waals surface area contributed by atoms with E-state index in [4.69, 9.17) is 4.74 Å². The van der Waals surface area contributed by atoms with Gasteiger partial charge in [-0.1, -0.05) is 0 Å². The third-order valence-corrected chi connectivity index (χ3v) is 2.62. The van der Waals surface area contributed by atoms with Crippen LogP contribution in [-0.4, -0.2) is 23.2 Å². The molecule has 0 saturated heterocycles. The Morgan fingerprint density at radius 2 is 2.20 bits per heavy atom. The average molecular weight is 204 g/mol. The first kappa shape index (κ1) is 9.71. The maximum absolute atomic E-state index is 10.8. The van der Waals surface area contributed by atoms with Crippen LogP contribution in [0.25, 0.3) is 10.9 Å². The molecule has 2 rings (SSSR count). The van der Waals surface area contributed by atoms with Gasteiger partial charge in [0.15, 0.2) is 12.0 Å². The highest BCUT2D eigenvalue weighted by Crippen LogP contribution is 2.29. The van der Waals surface area contributed by atoms with Crippen molar-refractivity contribution in [3.8, 4) is 5.75 Å². The molecule has 4 heteroatoms. The minimum Gasteiger partial charge on any atom is -0.494 e. The van der Waals surface area contributed by atoms with Gasteiger partial charge in [-0.3, -0.25) is 9.48 Å². The van der Waals surface area contributed by atoms with Crippen molar-refractivity contribution in [1.82, 2.24) is 9.78 Å². The third-order valence-electron chi connectivity index (χ3n) is 2.62. The third kappa shape index (κ3) is 1.29. The number of methoxy groups -OCH3 is 1. The Labute approximate surface area is 87.5 Å². The minimum absolute atomic E-state index is 0.531. The van der Waals surface area contributed by atoms with Crippen LogP contribution in [0.1, 0.15) is 16.1 Å². The number of rotatable bonds is 2. The van der Waals surface area contributed by atoms with Crippen LogP contribution in [0.4, 0.5) is 0 Å². The van der Waals surface area contributed by atoms with E-state index in [0.717, 1.165) is 22.9 Å². The van der Waals surface area contributed by atoms with Crippen molar-refractivity contribution in [3.63, 3.8) is 0 Å². The van der Waals surface area contributed by atoms with Crippen molar-refractivity contribution in [2.75, 3.05) is 7.11 Å². The maximum Gasteiger partial charge on any atom is 0.157 e. The Balaban J connectivity index is 2.88. The molecule has 0 radical (unpaired) electrons. The highest BCUT2D eigenvalue weighted by atomic mass is 16.5. The topological polar surface area (TPSA) is 44.1 Å². The Bertz CT molecular complexity index is 529. The molecule has 1 aromatic carbocycles. The fourth-order valence-corrected chi connectivity index (χ4v) is 1.68. The van der Waals surface area contributed by atoms with Crippen LogP contribution in [0.5, 0.6) is 5.75 Å². The van der Waals surface area contributed by atoms with E-state index in [9.17, 15) is 4.79 Å². The Kier molecular flexibility index (Phi) is 2.19. The number of benzene rings is 1. The van der Waals surface area contributed by atoms with Gasteiger partial charge in [0.25, 0.3) is 0 Å². The molecule has 1 aromatic heterocycles. The summed E-state index contributed by atoms with van der Waals surface area (Å²) in [5.74, 6) is 0.547. The van der Waals surface area contributed by atoms with Crippen molar-refractivity contribution >= 4 is 17.2 Å².